The molecule has 1 aliphatic carbocycles. The molecule has 1 aromatic rings. The topological polar surface area (TPSA) is 29.5 Å². The number of carbonyl (C=O) groups is 1. The highest BCUT2D eigenvalue weighted by atomic mass is 19.1. The summed E-state index contributed by atoms with van der Waals surface area (Å²) in [5.41, 5.74) is 0.581. The molecule has 4 heteroatoms. The van der Waals surface area contributed by atoms with Crippen LogP contribution >= 0.6 is 0 Å². The summed E-state index contributed by atoms with van der Waals surface area (Å²) in [5, 5.41) is 0. The first kappa shape index (κ1) is 15.0. The second-order valence-corrected chi connectivity index (χ2v) is 5.51. The van der Waals surface area contributed by atoms with Crippen LogP contribution < -0.4 is 0 Å². The summed E-state index contributed by atoms with van der Waals surface area (Å²) in [6.07, 6.45) is 2.53. The van der Waals surface area contributed by atoms with Gasteiger partial charge in [-0.15, -0.1) is 0 Å². The Morgan fingerprint density at radius 1 is 1.40 bits per heavy atom. The molecule has 0 aromatic heterocycles. The van der Waals surface area contributed by atoms with Gasteiger partial charge in [-0.05, 0) is 32.8 Å². The van der Waals surface area contributed by atoms with Crippen LogP contribution in [0.1, 0.15) is 38.7 Å². The summed E-state index contributed by atoms with van der Waals surface area (Å²) in [6.45, 7) is 4.68. The predicted molar refractivity (Wildman–Crippen MR) is 75.7 cm³/mol. The zero-order chi connectivity index (χ0) is 14.5. The Bertz CT molecular complexity index is 458. The Morgan fingerprint density at radius 2 is 2.10 bits per heavy atom. The lowest BCUT2D eigenvalue weighted by atomic mass is 10.2. The molecule has 0 atom stereocenters. The third-order valence-electron chi connectivity index (χ3n) is 3.37. The van der Waals surface area contributed by atoms with Gasteiger partial charge < -0.3 is 9.64 Å². The molecule has 0 saturated heterocycles. The van der Waals surface area contributed by atoms with E-state index in [9.17, 15) is 9.18 Å². The fourth-order valence-corrected chi connectivity index (χ4v) is 2.14. The summed E-state index contributed by atoms with van der Waals surface area (Å²) in [5.74, 6) is -0.194. The van der Waals surface area contributed by atoms with Gasteiger partial charge >= 0.3 is 0 Å². The van der Waals surface area contributed by atoms with Crippen molar-refractivity contribution in [1.82, 2.24) is 4.90 Å². The van der Waals surface area contributed by atoms with Gasteiger partial charge in [-0.1, -0.05) is 18.2 Å². The summed E-state index contributed by atoms with van der Waals surface area (Å²) in [7, 11) is 0. The lowest BCUT2D eigenvalue weighted by Gasteiger charge is -2.23. The fraction of sp³-hybridized carbons (Fsp3) is 0.562. The van der Waals surface area contributed by atoms with E-state index in [0.29, 0.717) is 25.1 Å². The van der Waals surface area contributed by atoms with E-state index in [-0.39, 0.29) is 23.9 Å². The average Bonchev–Trinajstić information content (AvgIpc) is 3.21. The summed E-state index contributed by atoms with van der Waals surface area (Å²) >= 11 is 0. The molecule has 110 valence electrons. The van der Waals surface area contributed by atoms with E-state index in [2.05, 4.69) is 0 Å². The van der Waals surface area contributed by atoms with Crippen molar-refractivity contribution in [2.75, 3.05) is 6.61 Å². The molecule has 1 aliphatic rings. The van der Waals surface area contributed by atoms with Crippen molar-refractivity contribution >= 4 is 5.91 Å². The minimum Gasteiger partial charge on any atom is -0.378 e. The van der Waals surface area contributed by atoms with Gasteiger partial charge in [0.2, 0.25) is 5.91 Å². The first-order valence-corrected chi connectivity index (χ1v) is 7.22. The maximum absolute atomic E-state index is 13.7. The quantitative estimate of drug-likeness (QED) is 0.767. The van der Waals surface area contributed by atoms with Crippen molar-refractivity contribution in [1.29, 1.82) is 0 Å². The van der Waals surface area contributed by atoms with Crippen molar-refractivity contribution in [3.63, 3.8) is 0 Å². The lowest BCUT2D eigenvalue weighted by Crippen LogP contribution is -2.33. The van der Waals surface area contributed by atoms with Crippen LogP contribution in [0.25, 0.3) is 0 Å². The van der Waals surface area contributed by atoms with E-state index in [1.807, 2.05) is 13.8 Å². The minimum atomic E-state index is -0.246. The third kappa shape index (κ3) is 4.30. The number of hydrogen-bond acceptors (Lipinski definition) is 2. The van der Waals surface area contributed by atoms with Gasteiger partial charge in [-0.2, -0.15) is 0 Å². The predicted octanol–water partition coefficient (Wildman–Crippen LogP) is 3.13. The zero-order valence-electron chi connectivity index (χ0n) is 12.1. The van der Waals surface area contributed by atoms with Gasteiger partial charge in [0, 0.05) is 18.2 Å². The first-order valence-electron chi connectivity index (χ1n) is 7.22. The van der Waals surface area contributed by atoms with E-state index in [1.54, 1.807) is 23.1 Å². The fourth-order valence-electron chi connectivity index (χ4n) is 2.14. The van der Waals surface area contributed by atoms with Crippen LogP contribution in [0, 0.1) is 5.82 Å². The third-order valence-corrected chi connectivity index (χ3v) is 3.37. The van der Waals surface area contributed by atoms with Gasteiger partial charge in [-0.25, -0.2) is 4.39 Å². The lowest BCUT2D eigenvalue weighted by molar-refractivity contribution is -0.133. The van der Waals surface area contributed by atoms with E-state index >= 15 is 0 Å². The first-order chi connectivity index (χ1) is 9.58. The number of halogens is 1. The molecule has 2 rings (SSSR count). The SMILES string of the molecule is CC(C)OCCC(=O)N(Cc1ccccc1F)C1CC1. The van der Waals surface area contributed by atoms with Gasteiger partial charge in [0.05, 0.1) is 19.1 Å². The highest BCUT2D eigenvalue weighted by Gasteiger charge is 2.32. The van der Waals surface area contributed by atoms with E-state index in [0.717, 1.165) is 12.8 Å². The zero-order valence-corrected chi connectivity index (χ0v) is 12.1. The number of benzene rings is 1. The minimum absolute atomic E-state index is 0.0522. The molecule has 20 heavy (non-hydrogen) atoms. The smallest absolute Gasteiger partial charge is 0.225 e. The van der Waals surface area contributed by atoms with Crippen LogP contribution in [0.4, 0.5) is 4.39 Å². The Labute approximate surface area is 119 Å². The molecule has 0 bridgehead atoms. The van der Waals surface area contributed by atoms with Crippen LogP contribution in [0.5, 0.6) is 0 Å². The molecule has 3 nitrogen and oxygen atoms in total. The Morgan fingerprint density at radius 3 is 2.70 bits per heavy atom. The van der Waals surface area contributed by atoms with Gasteiger partial charge in [0.25, 0.3) is 0 Å². The second-order valence-electron chi connectivity index (χ2n) is 5.51. The largest absolute Gasteiger partial charge is 0.378 e. The van der Waals surface area contributed by atoms with Crippen molar-refractivity contribution in [3.05, 3.63) is 35.6 Å². The highest BCUT2D eigenvalue weighted by molar-refractivity contribution is 5.77. The molecule has 1 amide bonds. The Kier molecular flexibility index (Phi) is 5.12. The summed E-state index contributed by atoms with van der Waals surface area (Å²) in [6, 6.07) is 6.92. The van der Waals surface area contributed by atoms with Gasteiger partial charge in [-0.3, -0.25) is 4.79 Å². The average molecular weight is 279 g/mol. The molecule has 0 heterocycles. The molecule has 1 aromatic carbocycles. The van der Waals surface area contributed by atoms with E-state index in [1.165, 1.54) is 6.07 Å². The normalized spacial score (nSPS) is 14.6. The van der Waals surface area contributed by atoms with Crippen LogP contribution in [-0.2, 0) is 16.1 Å². The molecule has 0 N–H and O–H groups in total. The molecule has 0 aliphatic heterocycles. The van der Waals surface area contributed by atoms with Crippen LogP contribution in [0.2, 0.25) is 0 Å². The Balaban J connectivity index is 1.93. The highest BCUT2D eigenvalue weighted by Crippen LogP contribution is 2.29. The number of ether oxygens (including phenoxy) is 1. The molecule has 0 radical (unpaired) electrons. The second kappa shape index (κ2) is 6.84. The van der Waals surface area contributed by atoms with Crippen LogP contribution in [0.15, 0.2) is 24.3 Å². The Hall–Kier alpha value is -1.42. The van der Waals surface area contributed by atoms with E-state index in [4.69, 9.17) is 4.74 Å². The van der Waals surface area contributed by atoms with Crippen molar-refractivity contribution < 1.29 is 13.9 Å². The van der Waals surface area contributed by atoms with Gasteiger partial charge in [0.1, 0.15) is 5.82 Å². The monoisotopic (exact) mass is 279 g/mol. The van der Waals surface area contributed by atoms with Crippen molar-refractivity contribution in [2.24, 2.45) is 0 Å². The summed E-state index contributed by atoms with van der Waals surface area (Å²) < 4.78 is 19.1. The molecule has 0 unspecified atom stereocenters. The van der Waals surface area contributed by atoms with Crippen molar-refractivity contribution in [3.8, 4) is 0 Å². The molecular formula is C16H22FNO2. The van der Waals surface area contributed by atoms with Crippen LogP contribution in [0.3, 0.4) is 0 Å². The number of rotatable bonds is 7. The number of amides is 1. The van der Waals surface area contributed by atoms with E-state index < -0.39 is 0 Å². The number of nitrogens with zero attached hydrogens (tertiary/aromatic N) is 1. The molecular weight excluding hydrogens is 257 g/mol. The number of carbonyl (C=O) groups excluding carboxylic acids is 1. The maximum Gasteiger partial charge on any atom is 0.225 e. The molecule has 1 fully saturated rings. The standard InChI is InChI=1S/C16H22FNO2/c1-12(2)20-10-9-16(19)18(14-7-8-14)11-13-5-3-4-6-15(13)17/h3-6,12,14H,7-11H2,1-2H3. The molecule has 0 spiro atoms. The van der Waals surface area contributed by atoms with Gasteiger partial charge in [0.15, 0.2) is 0 Å². The van der Waals surface area contributed by atoms with Crippen LogP contribution in [-0.4, -0.2) is 29.6 Å². The maximum atomic E-state index is 13.7. The number of hydrogen-bond donors (Lipinski definition) is 0. The molecule has 1 saturated carbocycles. The van der Waals surface area contributed by atoms with Crippen molar-refractivity contribution in [2.45, 2.75) is 51.8 Å². The summed E-state index contributed by atoms with van der Waals surface area (Å²) in [4.78, 5) is 14.0.